The Kier molecular flexibility index (Phi) is 5.15. The first kappa shape index (κ1) is 17.3. The molecule has 0 fully saturated rings. The second-order valence-electron chi connectivity index (χ2n) is 6.70. The van der Waals surface area contributed by atoms with E-state index >= 15 is 0 Å². The topological polar surface area (TPSA) is 88.8 Å². The largest absolute Gasteiger partial charge is 0.352 e. The summed E-state index contributed by atoms with van der Waals surface area (Å²) in [4.78, 5) is 19.1. The molecular formula is C19H21N7O. The van der Waals surface area contributed by atoms with Crippen molar-refractivity contribution in [3.63, 3.8) is 0 Å². The Morgan fingerprint density at radius 3 is 2.89 bits per heavy atom. The van der Waals surface area contributed by atoms with E-state index in [9.17, 15) is 4.79 Å². The van der Waals surface area contributed by atoms with Crippen LogP contribution in [-0.2, 0) is 19.6 Å². The van der Waals surface area contributed by atoms with Crippen molar-refractivity contribution >= 4 is 5.91 Å². The second-order valence-corrected chi connectivity index (χ2v) is 6.70. The third kappa shape index (κ3) is 4.35. The van der Waals surface area contributed by atoms with Gasteiger partial charge in [-0.25, -0.2) is 0 Å². The Hall–Kier alpha value is -3.13. The van der Waals surface area contributed by atoms with Gasteiger partial charge in [0.2, 0.25) is 0 Å². The summed E-state index contributed by atoms with van der Waals surface area (Å²) in [6.45, 7) is 3.78. The first-order valence-electron chi connectivity index (χ1n) is 8.96. The Balaban J connectivity index is 1.44. The molecule has 4 heterocycles. The van der Waals surface area contributed by atoms with Gasteiger partial charge in [-0.15, -0.1) is 0 Å². The van der Waals surface area contributed by atoms with Crippen LogP contribution in [0.1, 0.15) is 21.7 Å². The molecular weight excluding hydrogens is 342 g/mol. The number of carbonyl (C=O) groups is 1. The smallest absolute Gasteiger partial charge is 0.252 e. The molecule has 0 spiro atoms. The average molecular weight is 363 g/mol. The van der Waals surface area contributed by atoms with Crippen molar-refractivity contribution in [2.24, 2.45) is 5.92 Å². The standard InChI is InChI=1S/C19H21N7O/c27-19(16-4-7-22-23-10-16)21-9-15-11-25(13-17-3-1-2-6-20-17)14-18-5-8-24-26(18)12-15/h1-8,10,15H,9,11-14H2,(H,21,27). The van der Waals surface area contributed by atoms with E-state index in [-0.39, 0.29) is 11.8 Å². The average Bonchev–Trinajstić information content (AvgIpc) is 3.06. The van der Waals surface area contributed by atoms with Gasteiger partial charge in [0.1, 0.15) is 0 Å². The Morgan fingerprint density at radius 1 is 1.11 bits per heavy atom. The van der Waals surface area contributed by atoms with Crippen LogP contribution in [0.5, 0.6) is 0 Å². The molecule has 1 aliphatic heterocycles. The molecule has 1 amide bonds. The van der Waals surface area contributed by atoms with Crippen LogP contribution in [0, 0.1) is 5.92 Å². The van der Waals surface area contributed by atoms with Crippen LogP contribution >= 0.6 is 0 Å². The van der Waals surface area contributed by atoms with Crippen LogP contribution in [0.3, 0.4) is 0 Å². The maximum absolute atomic E-state index is 12.3. The predicted octanol–water partition coefficient (Wildman–Crippen LogP) is 1.13. The van der Waals surface area contributed by atoms with Gasteiger partial charge in [-0.1, -0.05) is 6.07 Å². The van der Waals surface area contributed by atoms with Gasteiger partial charge in [0.15, 0.2) is 0 Å². The van der Waals surface area contributed by atoms with E-state index in [2.05, 4.69) is 36.6 Å². The van der Waals surface area contributed by atoms with E-state index in [1.165, 1.54) is 18.1 Å². The number of hydrogen-bond acceptors (Lipinski definition) is 6. The molecule has 3 aromatic rings. The molecule has 0 saturated heterocycles. The van der Waals surface area contributed by atoms with E-state index in [0.717, 1.165) is 31.9 Å². The molecule has 0 saturated carbocycles. The van der Waals surface area contributed by atoms with Gasteiger partial charge in [-0.05, 0) is 24.3 Å². The summed E-state index contributed by atoms with van der Waals surface area (Å²) in [6.07, 6.45) is 6.64. The number of nitrogens with one attached hydrogen (secondary N) is 1. The number of rotatable bonds is 5. The molecule has 1 atom stereocenters. The van der Waals surface area contributed by atoms with E-state index in [1.807, 2.05) is 35.3 Å². The summed E-state index contributed by atoms with van der Waals surface area (Å²) in [6, 6.07) is 9.68. The first-order valence-corrected chi connectivity index (χ1v) is 8.96. The summed E-state index contributed by atoms with van der Waals surface area (Å²) in [7, 11) is 0. The maximum Gasteiger partial charge on any atom is 0.252 e. The van der Waals surface area contributed by atoms with Crippen LogP contribution in [0.25, 0.3) is 0 Å². The zero-order valence-electron chi connectivity index (χ0n) is 14.9. The lowest BCUT2D eigenvalue weighted by atomic mass is 10.1. The van der Waals surface area contributed by atoms with Gasteiger partial charge in [0.05, 0.1) is 29.3 Å². The molecule has 27 heavy (non-hydrogen) atoms. The van der Waals surface area contributed by atoms with E-state index in [0.29, 0.717) is 12.1 Å². The van der Waals surface area contributed by atoms with Crippen molar-refractivity contribution < 1.29 is 4.79 Å². The van der Waals surface area contributed by atoms with Gasteiger partial charge in [0, 0.05) is 51.0 Å². The summed E-state index contributed by atoms with van der Waals surface area (Å²) in [5.41, 5.74) is 2.73. The molecule has 0 radical (unpaired) electrons. The van der Waals surface area contributed by atoms with Crippen molar-refractivity contribution in [1.82, 2.24) is 35.2 Å². The zero-order chi connectivity index (χ0) is 18.5. The zero-order valence-corrected chi connectivity index (χ0v) is 14.9. The maximum atomic E-state index is 12.3. The van der Waals surface area contributed by atoms with Crippen LogP contribution in [-0.4, -0.2) is 48.9 Å². The minimum Gasteiger partial charge on any atom is -0.352 e. The molecule has 138 valence electrons. The van der Waals surface area contributed by atoms with Crippen LogP contribution < -0.4 is 5.32 Å². The van der Waals surface area contributed by atoms with Crippen molar-refractivity contribution in [2.45, 2.75) is 19.6 Å². The number of nitrogens with zero attached hydrogens (tertiary/aromatic N) is 6. The lowest BCUT2D eigenvalue weighted by Crippen LogP contribution is -2.36. The van der Waals surface area contributed by atoms with Gasteiger partial charge in [-0.3, -0.25) is 19.4 Å². The van der Waals surface area contributed by atoms with Crippen molar-refractivity contribution in [1.29, 1.82) is 0 Å². The highest BCUT2D eigenvalue weighted by Crippen LogP contribution is 2.17. The van der Waals surface area contributed by atoms with Crippen molar-refractivity contribution in [3.8, 4) is 0 Å². The van der Waals surface area contributed by atoms with Crippen LogP contribution in [0.15, 0.2) is 55.1 Å². The Morgan fingerprint density at radius 2 is 2.07 bits per heavy atom. The number of amides is 1. The molecule has 1 aliphatic rings. The van der Waals surface area contributed by atoms with Crippen molar-refractivity contribution in [3.05, 3.63) is 72.1 Å². The molecule has 4 rings (SSSR count). The highest BCUT2D eigenvalue weighted by atomic mass is 16.1. The summed E-state index contributed by atoms with van der Waals surface area (Å²) in [5, 5.41) is 14.9. The van der Waals surface area contributed by atoms with E-state index in [4.69, 9.17) is 0 Å². The Bertz CT molecular complexity index is 881. The molecule has 3 aromatic heterocycles. The number of fused-ring (bicyclic) bond motifs is 1. The SMILES string of the molecule is O=C(NCC1CN(Cc2ccccn2)Cc2ccnn2C1)c1ccnnc1. The fraction of sp³-hybridized carbons (Fsp3) is 0.316. The van der Waals surface area contributed by atoms with Gasteiger partial charge in [-0.2, -0.15) is 15.3 Å². The fourth-order valence-corrected chi connectivity index (χ4v) is 3.35. The molecule has 0 bridgehead atoms. The quantitative estimate of drug-likeness (QED) is 0.731. The molecule has 8 heteroatoms. The number of aromatic nitrogens is 5. The molecule has 1 unspecified atom stereocenters. The lowest BCUT2D eigenvalue weighted by molar-refractivity contribution is 0.0939. The number of hydrogen-bond donors (Lipinski definition) is 1. The fourth-order valence-electron chi connectivity index (χ4n) is 3.35. The lowest BCUT2D eigenvalue weighted by Gasteiger charge is -2.23. The van der Waals surface area contributed by atoms with Gasteiger partial charge >= 0.3 is 0 Å². The highest BCUT2D eigenvalue weighted by Gasteiger charge is 2.23. The number of carbonyl (C=O) groups excluding carboxylic acids is 1. The van der Waals surface area contributed by atoms with Crippen LogP contribution in [0.2, 0.25) is 0 Å². The van der Waals surface area contributed by atoms with Crippen LogP contribution in [0.4, 0.5) is 0 Å². The molecule has 0 aliphatic carbocycles. The minimum absolute atomic E-state index is 0.133. The minimum atomic E-state index is -0.133. The number of pyridine rings is 1. The Labute approximate surface area is 157 Å². The van der Waals surface area contributed by atoms with Crippen molar-refractivity contribution in [2.75, 3.05) is 13.1 Å². The normalized spacial score (nSPS) is 17.1. The predicted molar refractivity (Wildman–Crippen MR) is 98.4 cm³/mol. The van der Waals surface area contributed by atoms with Gasteiger partial charge in [0.25, 0.3) is 5.91 Å². The second kappa shape index (κ2) is 8.05. The highest BCUT2D eigenvalue weighted by molar-refractivity contribution is 5.93. The molecule has 8 nitrogen and oxygen atoms in total. The first-order chi connectivity index (χ1) is 13.3. The summed E-state index contributed by atoms with van der Waals surface area (Å²) >= 11 is 0. The van der Waals surface area contributed by atoms with E-state index < -0.39 is 0 Å². The van der Waals surface area contributed by atoms with Gasteiger partial charge < -0.3 is 5.32 Å². The summed E-state index contributed by atoms with van der Waals surface area (Å²) in [5.74, 6) is 0.111. The van der Waals surface area contributed by atoms with E-state index in [1.54, 1.807) is 6.07 Å². The molecule has 0 aromatic carbocycles. The summed E-state index contributed by atoms with van der Waals surface area (Å²) < 4.78 is 2.03. The monoisotopic (exact) mass is 363 g/mol. The third-order valence-electron chi connectivity index (χ3n) is 4.65. The molecule has 1 N–H and O–H groups in total. The third-order valence-corrected chi connectivity index (χ3v) is 4.65.